The first-order valence-electron chi connectivity index (χ1n) is 2.75. The van der Waals surface area contributed by atoms with Crippen molar-refractivity contribution in [1.29, 1.82) is 0 Å². The molecule has 0 aliphatic carbocycles. The largest absolute Gasteiger partial charge is 0.233 e. The third-order valence-electron chi connectivity index (χ3n) is 0.981. The number of thiazole rings is 1. The molecule has 0 unspecified atom stereocenters. The Balaban J connectivity index is 3.09. The molecule has 0 aliphatic rings. The molecular formula is C5H6ClNO2S2. The Labute approximate surface area is 73.9 Å². The Morgan fingerprint density at radius 1 is 1.73 bits per heavy atom. The van der Waals surface area contributed by atoms with E-state index in [0.29, 0.717) is 5.88 Å². The fraction of sp³-hybridized carbons (Fsp3) is 0.400. The lowest BCUT2D eigenvalue weighted by molar-refractivity contribution is 0.601. The summed E-state index contributed by atoms with van der Waals surface area (Å²) in [5.74, 6) is 0.313. The van der Waals surface area contributed by atoms with Gasteiger partial charge in [-0.25, -0.2) is 13.4 Å². The molecule has 0 fully saturated rings. The smallest absolute Gasteiger partial charge is 0.209 e. The van der Waals surface area contributed by atoms with Crippen molar-refractivity contribution in [3.63, 3.8) is 0 Å². The molecule has 11 heavy (non-hydrogen) atoms. The van der Waals surface area contributed by atoms with Crippen molar-refractivity contribution in [3.05, 3.63) is 11.1 Å². The van der Waals surface area contributed by atoms with Crippen molar-refractivity contribution < 1.29 is 8.42 Å². The lowest BCUT2D eigenvalue weighted by Crippen LogP contribution is -1.94. The van der Waals surface area contributed by atoms with Crippen LogP contribution in [0.25, 0.3) is 0 Å². The summed E-state index contributed by atoms with van der Waals surface area (Å²) in [7, 11) is -3.14. The number of hydrogen-bond donors (Lipinski definition) is 0. The molecule has 0 bridgehead atoms. The standard InChI is InChI=1S/C5H6ClNO2S2/c1-11(8,9)5-7-3-4(2-6)10-5/h3H,2H2,1H3. The summed E-state index contributed by atoms with van der Waals surface area (Å²) in [6, 6.07) is 0. The third-order valence-corrected chi connectivity index (χ3v) is 4.12. The van der Waals surface area contributed by atoms with Crippen LogP contribution < -0.4 is 0 Å². The Kier molecular flexibility index (Phi) is 2.51. The fourth-order valence-electron chi connectivity index (χ4n) is 0.523. The topological polar surface area (TPSA) is 47.0 Å². The summed E-state index contributed by atoms with van der Waals surface area (Å²) in [4.78, 5) is 4.47. The normalized spacial score (nSPS) is 11.8. The van der Waals surface area contributed by atoms with Gasteiger partial charge in [-0.3, -0.25) is 0 Å². The second kappa shape index (κ2) is 3.08. The van der Waals surface area contributed by atoms with Gasteiger partial charge in [0.15, 0.2) is 0 Å². The SMILES string of the molecule is CS(=O)(=O)c1ncc(CCl)s1. The molecule has 62 valence electrons. The molecular weight excluding hydrogens is 206 g/mol. The molecule has 0 amide bonds. The van der Waals surface area contributed by atoms with Gasteiger partial charge in [-0.05, 0) is 0 Å². The van der Waals surface area contributed by atoms with Crippen molar-refractivity contribution in [3.8, 4) is 0 Å². The molecule has 1 aromatic heterocycles. The van der Waals surface area contributed by atoms with Gasteiger partial charge in [0.25, 0.3) is 0 Å². The Morgan fingerprint density at radius 2 is 2.36 bits per heavy atom. The maximum atomic E-state index is 10.9. The lowest BCUT2D eigenvalue weighted by Gasteiger charge is -1.86. The average molecular weight is 212 g/mol. The van der Waals surface area contributed by atoms with E-state index in [9.17, 15) is 8.42 Å². The van der Waals surface area contributed by atoms with Gasteiger partial charge in [-0.15, -0.1) is 22.9 Å². The van der Waals surface area contributed by atoms with Crippen molar-refractivity contribution >= 4 is 32.8 Å². The lowest BCUT2D eigenvalue weighted by atomic mass is 10.6. The van der Waals surface area contributed by atoms with E-state index in [0.717, 1.165) is 22.5 Å². The Hall–Kier alpha value is -0.130. The molecule has 0 radical (unpaired) electrons. The highest BCUT2D eigenvalue weighted by Gasteiger charge is 2.11. The van der Waals surface area contributed by atoms with E-state index < -0.39 is 9.84 Å². The van der Waals surface area contributed by atoms with Crippen LogP contribution in [0.3, 0.4) is 0 Å². The number of nitrogens with zero attached hydrogens (tertiary/aromatic N) is 1. The first kappa shape index (κ1) is 8.96. The van der Waals surface area contributed by atoms with Gasteiger partial charge in [0.2, 0.25) is 14.2 Å². The molecule has 1 rings (SSSR count). The molecule has 6 heteroatoms. The molecule has 3 nitrogen and oxygen atoms in total. The molecule has 0 aliphatic heterocycles. The van der Waals surface area contributed by atoms with Gasteiger partial charge < -0.3 is 0 Å². The van der Waals surface area contributed by atoms with Gasteiger partial charge in [0.05, 0.1) is 5.88 Å². The maximum absolute atomic E-state index is 10.9. The second-order valence-electron chi connectivity index (χ2n) is 2.00. The highest BCUT2D eigenvalue weighted by molar-refractivity contribution is 7.92. The quantitative estimate of drug-likeness (QED) is 0.693. The van der Waals surface area contributed by atoms with Crippen molar-refractivity contribution in [2.75, 3.05) is 6.26 Å². The van der Waals surface area contributed by atoms with Crippen LogP contribution in [0.15, 0.2) is 10.5 Å². The second-order valence-corrected chi connectivity index (χ2v) is 5.57. The van der Waals surface area contributed by atoms with Gasteiger partial charge in [-0.1, -0.05) is 0 Å². The van der Waals surface area contributed by atoms with E-state index in [-0.39, 0.29) is 4.34 Å². The monoisotopic (exact) mass is 211 g/mol. The zero-order valence-corrected chi connectivity index (χ0v) is 8.13. The van der Waals surface area contributed by atoms with E-state index in [4.69, 9.17) is 11.6 Å². The molecule has 0 spiro atoms. The van der Waals surface area contributed by atoms with Crippen molar-refractivity contribution in [2.45, 2.75) is 10.2 Å². The number of rotatable bonds is 2. The Morgan fingerprint density at radius 3 is 2.64 bits per heavy atom. The van der Waals surface area contributed by atoms with Gasteiger partial charge in [-0.2, -0.15) is 0 Å². The van der Waals surface area contributed by atoms with Gasteiger partial charge >= 0.3 is 0 Å². The molecule has 1 aromatic rings. The minimum atomic E-state index is -3.14. The van der Waals surface area contributed by atoms with E-state index in [1.54, 1.807) is 0 Å². The summed E-state index contributed by atoms with van der Waals surface area (Å²) >= 11 is 6.57. The molecule has 0 saturated heterocycles. The number of aromatic nitrogens is 1. The van der Waals surface area contributed by atoms with Crippen molar-refractivity contribution in [2.24, 2.45) is 0 Å². The molecule has 0 aromatic carbocycles. The molecule has 0 atom stereocenters. The summed E-state index contributed by atoms with van der Waals surface area (Å²) < 4.78 is 21.9. The third kappa shape index (κ3) is 2.15. The van der Waals surface area contributed by atoms with Crippen LogP contribution in [-0.4, -0.2) is 19.7 Å². The summed E-state index contributed by atoms with van der Waals surface area (Å²) in [6.45, 7) is 0. The van der Waals surface area contributed by atoms with Crippen LogP contribution in [0, 0.1) is 0 Å². The summed E-state index contributed by atoms with van der Waals surface area (Å²) in [5, 5.41) is 0. The number of sulfone groups is 1. The zero-order chi connectivity index (χ0) is 8.48. The van der Waals surface area contributed by atoms with Gasteiger partial charge in [0, 0.05) is 17.3 Å². The summed E-state index contributed by atoms with van der Waals surface area (Å²) in [5.41, 5.74) is 0. The van der Waals surface area contributed by atoms with Crippen LogP contribution in [0.4, 0.5) is 0 Å². The van der Waals surface area contributed by atoms with Crippen LogP contribution in [0.2, 0.25) is 0 Å². The maximum Gasteiger partial charge on any atom is 0.209 e. The first-order valence-corrected chi connectivity index (χ1v) is 5.99. The van der Waals surface area contributed by atoms with Gasteiger partial charge in [0.1, 0.15) is 0 Å². The zero-order valence-electron chi connectivity index (χ0n) is 5.74. The highest BCUT2D eigenvalue weighted by Crippen LogP contribution is 2.18. The number of halogens is 1. The molecule has 1 heterocycles. The fourth-order valence-corrected chi connectivity index (χ4v) is 2.42. The predicted molar refractivity (Wildman–Crippen MR) is 44.8 cm³/mol. The van der Waals surface area contributed by atoms with Crippen LogP contribution in [0.5, 0.6) is 0 Å². The molecule has 0 saturated carbocycles. The minimum absolute atomic E-state index is 0.133. The number of hydrogen-bond acceptors (Lipinski definition) is 4. The average Bonchev–Trinajstić information content (AvgIpc) is 2.32. The Bertz CT molecular complexity index is 343. The number of alkyl halides is 1. The molecule has 0 N–H and O–H groups in total. The minimum Gasteiger partial charge on any atom is -0.233 e. The highest BCUT2D eigenvalue weighted by atomic mass is 35.5. The van der Waals surface area contributed by atoms with E-state index in [1.807, 2.05) is 0 Å². The van der Waals surface area contributed by atoms with Crippen molar-refractivity contribution in [1.82, 2.24) is 4.98 Å². The first-order chi connectivity index (χ1) is 5.04. The van der Waals surface area contributed by atoms with E-state index >= 15 is 0 Å². The van der Waals surface area contributed by atoms with Crippen LogP contribution in [0.1, 0.15) is 4.88 Å². The predicted octanol–water partition coefficient (Wildman–Crippen LogP) is 1.29. The van der Waals surface area contributed by atoms with E-state index in [2.05, 4.69) is 4.98 Å². The summed E-state index contributed by atoms with van der Waals surface area (Å²) in [6.07, 6.45) is 2.61. The van der Waals surface area contributed by atoms with Crippen LogP contribution >= 0.6 is 22.9 Å². The van der Waals surface area contributed by atoms with Crippen LogP contribution in [-0.2, 0) is 15.7 Å². The van der Waals surface area contributed by atoms with E-state index in [1.165, 1.54) is 6.20 Å².